The molecule has 1 aliphatic carbocycles. The third kappa shape index (κ3) is 3.39. The Morgan fingerprint density at radius 1 is 1.26 bits per heavy atom. The molecular weight excluding hydrogens is 298 g/mol. The molecule has 0 unspecified atom stereocenters. The second kappa shape index (κ2) is 5.86. The second-order valence-corrected chi connectivity index (χ2v) is 7.41. The number of nitrogens with one attached hydrogen (secondary N) is 1. The fourth-order valence-electron chi connectivity index (χ4n) is 3.01. The highest BCUT2D eigenvalue weighted by Crippen LogP contribution is 2.38. The molecule has 0 bridgehead atoms. The number of hydrogen-bond acceptors (Lipinski definition) is 2. The first kappa shape index (κ1) is 16.4. The van der Waals surface area contributed by atoms with Crippen LogP contribution in [0.4, 0.5) is 8.78 Å². The van der Waals surface area contributed by atoms with Crippen LogP contribution < -0.4 is 5.32 Å². The summed E-state index contributed by atoms with van der Waals surface area (Å²) in [4.78, 5) is 15.1. The normalized spacial score (nSPS) is 20.2. The van der Waals surface area contributed by atoms with Crippen molar-refractivity contribution in [3.05, 3.63) is 35.4 Å². The number of alkyl halides is 2. The molecule has 126 valence electrons. The van der Waals surface area contributed by atoms with Gasteiger partial charge < -0.3 is 10.2 Å². The molecule has 0 radical (unpaired) electrons. The Kier molecular flexibility index (Phi) is 4.17. The van der Waals surface area contributed by atoms with E-state index in [1.807, 2.05) is 13.8 Å². The van der Waals surface area contributed by atoms with Crippen LogP contribution in [0.25, 0.3) is 0 Å². The Balaban J connectivity index is 1.67. The lowest BCUT2D eigenvalue weighted by atomic mass is 9.83. The molecular formula is C18H24F2N2O. The molecule has 2 aliphatic rings. The molecule has 0 spiro atoms. The van der Waals surface area contributed by atoms with Crippen LogP contribution in [0.15, 0.2) is 24.3 Å². The molecule has 1 amide bonds. The summed E-state index contributed by atoms with van der Waals surface area (Å²) in [7, 11) is 0. The number of carbonyl (C=O) groups excluding carboxylic acids is 1. The minimum atomic E-state index is -2.48. The summed E-state index contributed by atoms with van der Waals surface area (Å²) in [6, 6.07) is 6.08. The summed E-state index contributed by atoms with van der Waals surface area (Å²) >= 11 is 0. The van der Waals surface area contributed by atoms with Crippen molar-refractivity contribution in [1.29, 1.82) is 0 Å². The van der Waals surface area contributed by atoms with Crippen LogP contribution in [-0.4, -0.2) is 36.0 Å². The lowest BCUT2D eigenvalue weighted by Gasteiger charge is -2.36. The van der Waals surface area contributed by atoms with Gasteiger partial charge in [0.1, 0.15) is 0 Å². The van der Waals surface area contributed by atoms with Crippen LogP contribution in [0.3, 0.4) is 0 Å². The van der Waals surface area contributed by atoms with Crippen molar-refractivity contribution >= 4 is 5.91 Å². The topological polar surface area (TPSA) is 32.3 Å². The van der Waals surface area contributed by atoms with Crippen LogP contribution in [0.1, 0.15) is 50.7 Å². The van der Waals surface area contributed by atoms with E-state index < -0.39 is 11.8 Å². The van der Waals surface area contributed by atoms with E-state index in [-0.39, 0.29) is 17.0 Å². The summed E-state index contributed by atoms with van der Waals surface area (Å²) < 4.78 is 25.3. The second-order valence-electron chi connectivity index (χ2n) is 7.41. The van der Waals surface area contributed by atoms with Gasteiger partial charge in [-0.1, -0.05) is 24.3 Å². The molecule has 1 aliphatic heterocycles. The minimum Gasteiger partial charge on any atom is -0.349 e. The zero-order valence-corrected chi connectivity index (χ0v) is 13.7. The zero-order chi connectivity index (χ0) is 16.7. The molecule has 1 aromatic rings. The van der Waals surface area contributed by atoms with Crippen LogP contribution >= 0.6 is 0 Å². The number of hydrogen-bond donors (Lipinski definition) is 1. The van der Waals surface area contributed by atoms with Crippen LogP contribution in [0.5, 0.6) is 0 Å². The molecule has 3 rings (SSSR count). The Hall–Kier alpha value is -1.49. The molecule has 2 fully saturated rings. The predicted molar refractivity (Wildman–Crippen MR) is 85.6 cm³/mol. The largest absolute Gasteiger partial charge is 0.349 e. The van der Waals surface area contributed by atoms with E-state index in [1.165, 1.54) is 18.6 Å². The van der Waals surface area contributed by atoms with Crippen molar-refractivity contribution in [3.63, 3.8) is 0 Å². The van der Waals surface area contributed by atoms with Gasteiger partial charge in [0, 0.05) is 12.1 Å². The first-order valence-corrected chi connectivity index (χ1v) is 8.26. The van der Waals surface area contributed by atoms with Crippen molar-refractivity contribution in [2.45, 2.75) is 50.5 Å². The van der Waals surface area contributed by atoms with E-state index in [2.05, 4.69) is 10.2 Å². The first-order valence-electron chi connectivity index (χ1n) is 8.26. The maximum absolute atomic E-state index is 12.7. The Bertz CT molecular complexity index is 575. The molecule has 3 nitrogen and oxygen atoms in total. The molecule has 23 heavy (non-hydrogen) atoms. The number of nitrogens with zero attached hydrogens (tertiary/aromatic N) is 1. The highest BCUT2D eigenvalue weighted by Gasteiger charge is 2.48. The van der Waals surface area contributed by atoms with Crippen LogP contribution in [0.2, 0.25) is 0 Å². The molecule has 1 aromatic carbocycles. The van der Waals surface area contributed by atoms with Gasteiger partial charge in [0.25, 0.3) is 6.43 Å². The SMILES string of the molecule is CC(C)(C(=O)NC1(CN2CCC2)CC1)c1ccc(C(F)F)cc1. The summed E-state index contributed by atoms with van der Waals surface area (Å²) in [5.41, 5.74) is -0.0522. The van der Waals surface area contributed by atoms with Crippen molar-refractivity contribution in [2.75, 3.05) is 19.6 Å². The smallest absolute Gasteiger partial charge is 0.263 e. The van der Waals surface area contributed by atoms with Gasteiger partial charge in [0.05, 0.1) is 11.0 Å². The van der Waals surface area contributed by atoms with Gasteiger partial charge in [-0.25, -0.2) is 8.78 Å². The predicted octanol–water partition coefficient (Wildman–Crippen LogP) is 3.26. The number of carbonyl (C=O) groups is 1. The quantitative estimate of drug-likeness (QED) is 0.872. The lowest BCUT2D eigenvalue weighted by molar-refractivity contribution is -0.126. The van der Waals surface area contributed by atoms with Crippen molar-refractivity contribution in [3.8, 4) is 0 Å². The van der Waals surface area contributed by atoms with E-state index in [0.29, 0.717) is 0 Å². The van der Waals surface area contributed by atoms with E-state index in [1.54, 1.807) is 12.1 Å². The van der Waals surface area contributed by atoms with E-state index in [9.17, 15) is 13.6 Å². The molecule has 0 aromatic heterocycles. The fourth-order valence-corrected chi connectivity index (χ4v) is 3.01. The molecule has 1 saturated heterocycles. The highest BCUT2D eigenvalue weighted by atomic mass is 19.3. The van der Waals surface area contributed by atoms with Crippen molar-refractivity contribution in [2.24, 2.45) is 0 Å². The zero-order valence-electron chi connectivity index (χ0n) is 13.7. The van der Waals surface area contributed by atoms with Crippen molar-refractivity contribution < 1.29 is 13.6 Å². The number of rotatable bonds is 6. The van der Waals surface area contributed by atoms with E-state index in [4.69, 9.17) is 0 Å². The van der Waals surface area contributed by atoms with E-state index >= 15 is 0 Å². The molecule has 1 heterocycles. The molecule has 1 N–H and O–H groups in total. The molecule has 0 atom stereocenters. The minimum absolute atomic E-state index is 0.0126. The third-order valence-corrected chi connectivity index (χ3v) is 5.16. The van der Waals surface area contributed by atoms with Gasteiger partial charge in [-0.2, -0.15) is 0 Å². The van der Waals surface area contributed by atoms with Gasteiger partial charge in [-0.15, -0.1) is 0 Å². The number of benzene rings is 1. The number of halogens is 2. The van der Waals surface area contributed by atoms with Crippen LogP contribution in [-0.2, 0) is 10.2 Å². The summed E-state index contributed by atoms with van der Waals surface area (Å²) in [6.45, 7) is 6.87. The maximum Gasteiger partial charge on any atom is 0.263 e. The average molecular weight is 322 g/mol. The maximum atomic E-state index is 12.7. The van der Waals surface area contributed by atoms with E-state index in [0.717, 1.165) is 38.0 Å². The molecule has 5 heteroatoms. The summed E-state index contributed by atoms with van der Waals surface area (Å²) in [5.74, 6) is -0.0275. The fraction of sp³-hybridized carbons (Fsp3) is 0.611. The standard InChI is InChI=1S/C18H24F2N2O/c1-17(2,14-6-4-13(5-7-14)15(19)20)16(23)21-18(8-9-18)12-22-10-3-11-22/h4-7,15H,3,8-12H2,1-2H3,(H,21,23). The summed E-state index contributed by atoms with van der Waals surface area (Å²) in [6.07, 6.45) is 0.810. The number of likely N-dealkylation sites (tertiary alicyclic amines) is 1. The highest BCUT2D eigenvalue weighted by molar-refractivity contribution is 5.88. The van der Waals surface area contributed by atoms with Crippen molar-refractivity contribution in [1.82, 2.24) is 10.2 Å². The molecule has 1 saturated carbocycles. The van der Waals surface area contributed by atoms with Gasteiger partial charge in [-0.05, 0) is 51.8 Å². The lowest BCUT2D eigenvalue weighted by Crippen LogP contribution is -2.53. The van der Waals surface area contributed by atoms with Crippen LogP contribution in [0, 0.1) is 0 Å². The average Bonchev–Trinajstić information content (AvgIpc) is 3.23. The van der Waals surface area contributed by atoms with Gasteiger partial charge >= 0.3 is 0 Å². The first-order chi connectivity index (χ1) is 10.8. The Morgan fingerprint density at radius 3 is 2.30 bits per heavy atom. The summed E-state index contributed by atoms with van der Waals surface area (Å²) in [5, 5.41) is 3.21. The van der Waals surface area contributed by atoms with Gasteiger partial charge in [-0.3, -0.25) is 4.79 Å². The third-order valence-electron chi connectivity index (χ3n) is 5.16. The Morgan fingerprint density at radius 2 is 1.87 bits per heavy atom. The Labute approximate surface area is 136 Å². The number of amides is 1. The van der Waals surface area contributed by atoms with Gasteiger partial charge in [0.2, 0.25) is 5.91 Å². The van der Waals surface area contributed by atoms with Gasteiger partial charge in [0.15, 0.2) is 0 Å². The monoisotopic (exact) mass is 322 g/mol.